The number of ether oxygens (including phenoxy) is 1. The van der Waals surface area contributed by atoms with Gasteiger partial charge in [-0.3, -0.25) is 4.90 Å². The van der Waals surface area contributed by atoms with E-state index in [9.17, 15) is 8.42 Å². The van der Waals surface area contributed by atoms with Crippen molar-refractivity contribution in [1.82, 2.24) is 9.62 Å². The van der Waals surface area contributed by atoms with Crippen LogP contribution in [0.5, 0.6) is 0 Å². The average Bonchev–Trinajstić information content (AvgIpc) is 2.95. The number of nitrogens with zero attached hydrogens (tertiary/aromatic N) is 2. The number of thiophene rings is 1. The fourth-order valence-electron chi connectivity index (χ4n) is 1.99. The van der Waals surface area contributed by atoms with Gasteiger partial charge in [-0.05, 0) is 18.7 Å². The Morgan fingerprint density at radius 2 is 2.40 bits per heavy atom. The number of hydrogen-bond acceptors (Lipinski definition) is 6. The second kappa shape index (κ2) is 6.65. The van der Waals surface area contributed by atoms with E-state index in [1.54, 1.807) is 0 Å². The summed E-state index contributed by atoms with van der Waals surface area (Å²) < 4.78 is 32.4. The Bertz CT molecular complexity index is 591. The molecule has 6 nitrogen and oxygen atoms in total. The number of sulfonamides is 1. The van der Waals surface area contributed by atoms with E-state index in [1.165, 1.54) is 12.1 Å². The van der Waals surface area contributed by atoms with Crippen molar-refractivity contribution >= 4 is 21.4 Å². The molecule has 0 amide bonds. The smallest absolute Gasteiger partial charge is 0.250 e. The van der Waals surface area contributed by atoms with Gasteiger partial charge < -0.3 is 4.74 Å². The number of nitrogens with one attached hydrogen (secondary N) is 1. The summed E-state index contributed by atoms with van der Waals surface area (Å²) >= 11 is 0.969. The number of rotatable bonds is 5. The summed E-state index contributed by atoms with van der Waals surface area (Å²) in [5.74, 6) is 0. The monoisotopic (exact) mass is 315 g/mol. The molecule has 0 aromatic carbocycles. The van der Waals surface area contributed by atoms with Gasteiger partial charge in [0, 0.05) is 19.6 Å². The van der Waals surface area contributed by atoms with Gasteiger partial charge in [-0.25, -0.2) is 13.1 Å². The Morgan fingerprint density at radius 1 is 1.60 bits per heavy atom. The van der Waals surface area contributed by atoms with Crippen molar-refractivity contribution in [1.29, 1.82) is 5.26 Å². The van der Waals surface area contributed by atoms with E-state index >= 15 is 0 Å². The van der Waals surface area contributed by atoms with E-state index in [0.29, 0.717) is 11.5 Å². The maximum absolute atomic E-state index is 12.1. The van der Waals surface area contributed by atoms with Crippen LogP contribution in [0.1, 0.15) is 11.8 Å². The van der Waals surface area contributed by atoms with E-state index in [0.717, 1.165) is 31.0 Å². The summed E-state index contributed by atoms with van der Waals surface area (Å²) in [7, 11) is -3.55. The fraction of sp³-hybridized carbons (Fsp3) is 0.583. The normalized spacial score (nSPS) is 20.7. The first-order chi connectivity index (χ1) is 9.55. The molecule has 0 bridgehead atoms. The van der Waals surface area contributed by atoms with Gasteiger partial charge in [0.15, 0.2) is 0 Å². The molecule has 1 aliphatic rings. The Kier molecular flexibility index (Phi) is 5.12. The quantitative estimate of drug-likeness (QED) is 0.861. The lowest BCUT2D eigenvalue weighted by molar-refractivity contribution is -0.0229. The number of morpholine rings is 1. The zero-order valence-corrected chi connectivity index (χ0v) is 12.8. The van der Waals surface area contributed by atoms with Crippen molar-refractivity contribution in [3.05, 3.63) is 17.0 Å². The lowest BCUT2D eigenvalue weighted by atomic mass is 10.3. The van der Waals surface area contributed by atoms with Gasteiger partial charge in [-0.2, -0.15) is 5.26 Å². The molecule has 1 N–H and O–H groups in total. The molecule has 2 rings (SSSR count). The molecule has 110 valence electrons. The van der Waals surface area contributed by atoms with Crippen molar-refractivity contribution in [3.8, 4) is 6.07 Å². The van der Waals surface area contributed by atoms with Gasteiger partial charge in [0.1, 0.15) is 15.2 Å². The van der Waals surface area contributed by atoms with Crippen LogP contribution in [0.3, 0.4) is 0 Å². The van der Waals surface area contributed by atoms with Crippen LogP contribution in [-0.4, -0.2) is 52.2 Å². The summed E-state index contributed by atoms with van der Waals surface area (Å²) in [6.45, 7) is 5.49. The third-order valence-corrected chi connectivity index (χ3v) is 6.03. The molecule has 1 unspecified atom stereocenters. The Labute approximate surface area is 123 Å². The van der Waals surface area contributed by atoms with Gasteiger partial charge in [-0.1, -0.05) is 6.92 Å². The predicted molar refractivity (Wildman–Crippen MR) is 76.1 cm³/mol. The maximum atomic E-state index is 12.1. The van der Waals surface area contributed by atoms with Gasteiger partial charge in [-0.15, -0.1) is 11.3 Å². The first-order valence-electron chi connectivity index (χ1n) is 6.38. The van der Waals surface area contributed by atoms with Crippen LogP contribution in [0.4, 0.5) is 0 Å². The van der Waals surface area contributed by atoms with Crippen LogP contribution in [0.2, 0.25) is 0 Å². The molecule has 1 saturated heterocycles. The van der Waals surface area contributed by atoms with Gasteiger partial charge in [0.05, 0.1) is 12.7 Å². The molecular weight excluding hydrogens is 298 g/mol. The van der Waals surface area contributed by atoms with E-state index < -0.39 is 10.0 Å². The molecule has 0 aliphatic carbocycles. The van der Waals surface area contributed by atoms with Crippen LogP contribution >= 0.6 is 11.3 Å². The van der Waals surface area contributed by atoms with Crippen molar-refractivity contribution in [3.63, 3.8) is 0 Å². The second-order valence-corrected chi connectivity index (χ2v) is 7.55. The fourth-order valence-corrected chi connectivity index (χ4v) is 4.20. The van der Waals surface area contributed by atoms with Crippen molar-refractivity contribution < 1.29 is 13.2 Å². The largest absolute Gasteiger partial charge is 0.374 e. The van der Waals surface area contributed by atoms with Crippen molar-refractivity contribution in [2.45, 2.75) is 17.2 Å². The third kappa shape index (κ3) is 3.77. The molecule has 1 atom stereocenters. The highest BCUT2D eigenvalue weighted by Crippen LogP contribution is 2.20. The average molecular weight is 315 g/mol. The molecular formula is C12H17N3O3S2. The van der Waals surface area contributed by atoms with Gasteiger partial charge in [0.25, 0.3) is 0 Å². The molecule has 1 fully saturated rings. The maximum Gasteiger partial charge on any atom is 0.250 e. The molecule has 1 aromatic heterocycles. The summed E-state index contributed by atoms with van der Waals surface area (Å²) in [5.41, 5.74) is 0. The minimum absolute atomic E-state index is 0.131. The summed E-state index contributed by atoms with van der Waals surface area (Å²) in [6, 6.07) is 4.89. The van der Waals surface area contributed by atoms with Crippen molar-refractivity contribution in [2.75, 3.05) is 32.8 Å². The highest BCUT2D eigenvalue weighted by Gasteiger charge is 2.23. The Balaban J connectivity index is 1.94. The zero-order valence-electron chi connectivity index (χ0n) is 11.2. The predicted octanol–water partition coefficient (Wildman–Crippen LogP) is 0.619. The molecule has 0 saturated carbocycles. The SMILES string of the molecule is CCN1CCOC(CNS(=O)(=O)c2ccc(C#N)s2)C1. The molecule has 1 aromatic rings. The standard InChI is InChI=1S/C12H17N3O3S2/c1-2-15-5-6-18-10(9-15)8-14-20(16,17)12-4-3-11(7-13)19-12/h3-4,10,14H,2,5-6,8-9H2,1H3. The van der Waals surface area contributed by atoms with Gasteiger partial charge in [0.2, 0.25) is 10.0 Å². The molecule has 1 aliphatic heterocycles. The molecule has 0 radical (unpaired) electrons. The lowest BCUT2D eigenvalue weighted by Gasteiger charge is -2.31. The first kappa shape index (κ1) is 15.4. The van der Waals surface area contributed by atoms with Crippen molar-refractivity contribution in [2.24, 2.45) is 0 Å². The molecule has 2 heterocycles. The zero-order chi connectivity index (χ0) is 14.6. The van der Waals surface area contributed by atoms with Gasteiger partial charge >= 0.3 is 0 Å². The lowest BCUT2D eigenvalue weighted by Crippen LogP contribution is -2.47. The van der Waals surface area contributed by atoms with Crippen LogP contribution < -0.4 is 4.72 Å². The number of nitriles is 1. The minimum Gasteiger partial charge on any atom is -0.374 e. The van der Waals surface area contributed by atoms with Crippen LogP contribution in [0.15, 0.2) is 16.3 Å². The molecule has 0 spiro atoms. The highest BCUT2D eigenvalue weighted by molar-refractivity contribution is 7.91. The number of likely N-dealkylation sites (N-methyl/N-ethyl adjacent to an activating group) is 1. The van der Waals surface area contributed by atoms with E-state index in [-0.39, 0.29) is 16.9 Å². The Morgan fingerprint density at radius 3 is 3.05 bits per heavy atom. The van der Waals surface area contributed by atoms with E-state index in [2.05, 4.69) is 16.5 Å². The highest BCUT2D eigenvalue weighted by atomic mass is 32.2. The molecule has 8 heteroatoms. The van der Waals surface area contributed by atoms with Crippen LogP contribution in [0, 0.1) is 11.3 Å². The van der Waals surface area contributed by atoms with E-state index in [4.69, 9.17) is 10.00 Å². The van der Waals surface area contributed by atoms with Crippen LogP contribution in [-0.2, 0) is 14.8 Å². The summed E-state index contributed by atoms with van der Waals surface area (Å²) in [4.78, 5) is 2.61. The third-order valence-electron chi connectivity index (χ3n) is 3.13. The topological polar surface area (TPSA) is 82.4 Å². The summed E-state index contributed by atoms with van der Waals surface area (Å²) in [6.07, 6.45) is -0.131. The van der Waals surface area contributed by atoms with Crippen LogP contribution in [0.25, 0.3) is 0 Å². The first-order valence-corrected chi connectivity index (χ1v) is 8.68. The Hall–Kier alpha value is -0.980. The summed E-state index contributed by atoms with van der Waals surface area (Å²) in [5, 5.41) is 8.73. The minimum atomic E-state index is -3.55. The number of hydrogen-bond donors (Lipinski definition) is 1. The molecule has 20 heavy (non-hydrogen) atoms. The second-order valence-electron chi connectivity index (χ2n) is 4.47. The van der Waals surface area contributed by atoms with E-state index in [1.807, 2.05) is 6.07 Å².